The molecule has 1 saturated heterocycles. The molecule has 3 rings (SSSR count). The molecule has 132 valence electrons. The number of amides is 1. The summed E-state index contributed by atoms with van der Waals surface area (Å²) in [7, 11) is 1.57. The first-order valence-corrected chi connectivity index (χ1v) is 8.04. The molecule has 2 aromatic rings. The molecule has 0 N–H and O–H groups in total. The highest BCUT2D eigenvalue weighted by atomic mass is 19.2. The minimum absolute atomic E-state index is 0.0552. The number of rotatable bonds is 4. The molecule has 25 heavy (non-hydrogen) atoms. The number of benzene rings is 2. The fraction of sp³-hybridized carbons (Fsp3) is 0.316. The van der Waals surface area contributed by atoms with Gasteiger partial charge in [-0.15, -0.1) is 0 Å². The van der Waals surface area contributed by atoms with Crippen LogP contribution in [-0.2, 0) is 16.0 Å². The van der Waals surface area contributed by atoms with Crippen molar-refractivity contribution in [2.45, 2.75) is 12.5 Å². The molecule has 1 amide bonds. The molecule has 1 aliphatic heterocycles. The van der Waals surface area contributed by atoms with Crippen LogP contribution in [0.2, 0.25) is 0 Å². The fourth-order valence-electron chi connectivity index (χ4n) is 2.91. The molecule has 4 nitrogen and oxygen atoms in total. The molecule has 0 aliphatic carbocycles. The van der Waals surface area contributed by atoms with Crippen LogP contribution in [0.1, 0.15) is 17.2 Å². The summed E-state index contributed by atoms with van der Waals surface area (Å²) < 4.78 is 37.4. The predicted molar refractivity (Wildman–Crippen MR) is 88.3 cm³/mol. The van der Waals surface area contributed by atoms with Crippen LogP contribution in [0.4, 0.5) is 8.78 Å². The Bertz CT molecular complexity index is 766. The lowest BCUT2D eigenvalue weighted by Gasteiger charge is -2.33. The van der Waals surface area contributed by atoms with E-state index in [0.29, 0.717) is 31.0 Å². The predicted octanol–water partition coefficient (Wildman–Crippen LogP) is 3.12. The Morgan fingerprint density at radius 2 is 2.04 bits per heavy atom. The lowest BCUT2D eigenvalue weighted by atomic mass is 10.1. The van der Waals surface area contributed by atoms with Crippen molar-refractivity contribution in [3.63, 3.8) is 0 Å². The summed E-state index contributed by atoms with van der Waals surface area (Å²) in [6.07, 6.45) is -0.250. The maximum atomic E-state index is 13.4. The van der Waals surface area contributed by atoms with Crippen LogP contribution in [0.15, 0.2) is 42.5 Å². The second-order valence-electron chi connectivity index (χ2n) is 5.86. The van der Waals surface area contributed by atoms with Gasteiger partial charge in [-0.25, -0.2) is 8.78 Å². The number of hydrogen-bond acceptors (Lipinski definition) is 3. The molecule has 0 aromatic heterocycles. The summed E-state index contributed by atoms with van der Waals surface area (Å²) in [6.45, 7) is 1.12. The molecule has 0 unspecified atom stereocenters. The topological polar surface area (TPSA) is 38.8 Å². The van der Waals surface area contributed by atoms with Crippen molar-refractivity contribution in [3.8, 4) is 5.75 Å². The maximum absolute atomic E-state index is 13.4. The van der Waals surface area contributed by atoms with Crippen molar-refractivity contribution in [2.24, 2.45) is 0 Å². The van der Waals surface area contributed by atoms with Crippen molar-refractivity contribution >= 4 is 5.91 Å². The van der Waals surface area contributed by atoms with Gasteiger partial charge in [0.25, 0.3) is 0 Å². The zero-order chi connectivity index (χ0) is 17.8. The standard InChI is InChI=1S/C19H19F2NO3/c1-24-17-5-3-2-4-13(17)11-19(23)22-8-9-25-18(12-22)14-6-7-15(20)16(21)10-14/h2-7,10,18H,8-9,11-12H2,1H3/t18-/m0/s1. The highest BCUT2D eigenvalue weighted by Gasteiger charge is 2.26. The fourth-order valence-corrected chi connectivity index (χ4v) is 2.91. The van der Waals surface area contributed by atoms with Crippen LogP contribution in [0.25, 0.3) is 0 Å². The number of methoxy groups -OCH3 is 1. The first-order chi connectivity index (χ1) is 12.1. The molecule has 0 radical (unpaired) electrons. The van der Waals surface area contributed by atoms with Crippen molar-refractivity contribution < 1.29 is 23.0 Å². The molecule has 0 spiro atoms. The number of hydrogen-bond donors (Lipinski definition) is 0. The summed E-state index contributed by atoms with van der Waals surface area (Å²) in [4.78, 5) is 14.3. The van der Waals surface area contributed by atoms with E-state index >= 15 is 0 Å². The Hall–Kier alpha value is -2.47. The lowest BCUT2D eigenvalue weighted by Crippen LogP contribution is -2.43. The van der Waals surface area contributed by atoms with Crippen LogP contribution in [0.3, 0.4) is 0 Å². The molecule has 1 atom stereocenters. The van der Waals surface area contributed by atoms with E-state index in [9.17, 15) is 13.6 Å². The summed E-state index contributed by atoms with van der Waals surface area (Å²) in [5.74, 6) is -1.20. The number of nitrogens with zero attached hydrogens (tertiary/aromatic N) is 1. The van der Waals surface area contributed by atoms with E-state index in [-0.39, 0.29) is 12.3 Å². The minimum Gasteiger partial charge on any atom is -0.496 e. The third kappa shape index (κ3) is 3.96. The number of halogens is 2. The van der Waals surface area contributed by atoms with E-state index in [1.165, 1.54) is 6.07 Å². The minimum atomic E-state index is -0.918. The van der Waals surface area contributed by atoms with Gasteiger partial charge in [0.15, 0.2) is 11.6 Å². The maximum Gasteiger partial charge on any atom is 0.227 e. The van der Waals surface area contributed by atoms with Crippen molar-refractivity contribution in [1.82, 2.24) is 4.90 Å². The van der Waals surface area contributed by atoms with E-state index in [4.69, 9.17) is 9.47 Å². The van der Waals surface area contributed by atoms with Crippen LogP contribution in [0, 0.1) is 11.6 Å². The average Bonchev–Trinajstić information content (AvgIpc) is 2.64. The summed E-state index contributed by atoms with van der Waals surface area (Å²) in [5.41, 5.74) is 1.33. The zero-order valence-electron chi connectivity index (χ0n) is 13.9. The van der Waals surface area contributed by atoms with Gasteiger partial charge in [-0.1, -0.05) is 24.3 Å². The Morgan fingerprint density at radius 1 is 1.24 bits per heavy atom. The van der Waals surface area contributed by atoms with E-state index in [1.54, 1.807) is 12.0 Å². The highest BCUT2D eigenvalue weighted by molar-refractivity contribution is 5.79. The normalized spacial score (nSPS) is 17.4. The largest absolute Gasteiger partial charge is 0.496 e. The third-order valence-corrected chi connectivity index (χ3v) is 4.27. The molecule has 0 bridgehead atoms. The Labute approximate surface area is 145 Å². The molecule has 0 saturated carbocycles. The number of carbonyl (C=O) groups excluding carboxylic acids is 1. The van der Waals surface area contributed by atoms with E-state index in [2.05, 4.69) is 0 Å². The molecule has 1 aliphatic rings. The highest BCUT2D eigenvalue weighted by Crippen LogP contribution is 2.25. The van der Waals surface area contributed by atoms with Crippen LogP contribution in [0.5, 0.6) is 5.75 Å². The van der Waals surface area contributed by atoms with Crippen molar-refractivity contribution in [3.05, 3.63) is 65.2 Å². The number of para-hydroxylation sites is 1. The smallest absolute Gasteiger partial charge is 0.227 e. The van der Waals surface area contributed by atoms with Crippen LogP contribution in [-0.4, -0.2) is 37.6 Å². The monoisotopic (exact) mass is 347 g/mol. The molecular formula is C19H19F2NO3. The number of carbonyl (C=O) groups is 1. The van der Waals surface area contributed by atoms with Gasteiger partial charge in [-0.2, -0.15) is 0 Å². The van der Waals surface area contributed by atoms with Gasteiger partial charge in [0.05, 0.1) is 26.7 Å². The van der Waals surface area contributed by atoms with Crippen LogP contribution >= 0.6 is 0 Å². The molecule has 1 fully saturated rings. The molecule has 2 aromatic carbocycles. The summed E-state index contributed by atoms with van der Waals surface area (Å²) in [6, 6.07) is 11.0. The van der Waals surface area contributed by atoms with Gasteiger partial charge >= 0.3 is 0 Å². The van der Waals surface area contributed by atoms with Gasteiger partial charge in [0, 0.05) is 12.1 Å². The average molecular weight is 347 g/mol. The van der Waals surface area contributed by atoms with Crippen molar-refractivity contribution in [2.75, 3.05) is 26.8 Å². The van der Waals surface area contributed by atoms with Crippen molar-refractivity contribution in [1.29, 1.82) is 0 Å². The van der Waals surface area contributed by atoms with Gasteiger partial charge in [0.1, 0.15) is 11.9 Å². The third-order valence-electron chi connectivity index (χ3n) is 4.27. The zero-order valence-corrected chi connectivity index (χ0v) is 13.9. The Balaban J connectivity index is 1.70. The second kappa shape index (κ2) is 7.61. The first-order valence-electron chi connectivity index (χ1n) is 8.04. The van der Waals surface area contributed by atoms with Gasteiger partial charge in [0.2, 0.25) is 5.91 Å². The van der Waals surface area contributed by atoms with Gasteiger partial charge in [-0.05, 0) is 23.8 Å². The summed E-state index contributed by atoms with van der Waals surface area (Å²) >= 11 is 0. The second-order valence-corrected chi connectivity index (χ2v) is 5.86. The Kier molecular flexibility index (Phi) is 5.28. The molecule has 1 heterocycles. The first kappa shape index (κ1) is 17.4. The van der Waals surface area contributed by atoms with Gasteiger partial charge < -0.3 is 14.4 Å². The number of ether oxygens (including phenoxy) is 2. The van der Waals surface area contributed by atoms with E-state index in [0.717, 1.165) is 17.7 Å². The van der Waals surface area contributed by atoms with Crippen LogP contribution < -0.4 is 4.74 Å². The van der Waals surface area contributed by atoms with Gasteiger partial charge in [-0.3, -0.25) is 4.79 Å². The van der Waals surface area contributed by atoms with E-state index in [1.807, 2.05) is 24.3 Å². The van der Waals surface area contributed by atoms with E-state index < -0.39 is 17.7 Å². The SMILES string of the molecule is COc1ccccc1CC(=O)N1CCO[C@H](c2ccc(F)c(F)c2)C1. The lowest BCUT2D eigenvalue weighted by molar-refractivity contribution is -0.138. The quantitative estimate of drug-likeness (QED) is 0.853. The summed E-state index contributed by atoms with van der Waals surface area (Å²) in [5, 5.41) is 0. The Morgan fingerprint density at radius 3 is 2.80 bits per heavy atom. The molecular weight excluding hydrogens is 328 g/mol. The number of morpholine rings is 1. The molecule has 6 heteroatoms.